The fourth-order valence-electron chi connectivity index (χ4n) is 2.41. The van der Waals surface area contributed by atoms with Gasteiger partial charge in [-0.1, -0.05) is 13.8 Å². The number of nitrogens with zero attached hydrogens (tertiary/aromatic N) is 1. The van der Waals surface area contributed by atoms with Crippen LogP contribution in [0.3, 0.4) is 0 Å². The van der Waals surface area contributed by atoms with E-state index in [2.05, 4.69) is 15.9 Å². The normalized spacial score (nSPS) is 23.1. The average molecular weight is 342 g/mol. The van der Waals surface area contributed by atoms with Crippen LogP contribution < -0.4 is 4.90 Å². The Morgan fingerprint density at radius 2 is 1.95 bits per heavy atom. The van der Waals surface area contributed by atoms with Gasteiger partial charge < -0.3 is 0 Å². The number of rotatable bonds is 2. The standard InChI is InChI=1S/C15H17BrFNO2/c1-8(2)15(4)7-13(19)18(14(15)20)12-6-11(17)10(16)5-9(12)3/h5-6,8H,7H2,1-4H3. The Morgan fingerprint density at radius 1 is 1.35 bits per heavy atom. The Balaban J connectivity index is 2.52. The molecule has 1 unspecified atom stereocenters. The van der Waals surface area contributed by atoms with E-state index in [-0.39, 0.29) is 24.2 Å². The molecule has 0 saturated carbocycles. The van der Waals surface area contributed by atoms with Crippen molar-refractivity contribution in [3.05, 3.63) is 28.0 Å². The van der Waals surface area contributed by atoms with Crippen LogP contribution in [0.4, 0.5) is 10.1 Å². The number of imide groups is 1. The average Bonchev–Trinajstić information content (AvgIpc) is 2.57. The summed E-state index contributed by atoms with van der Waals surface area (Å²) < 4.78 is 14.0. The fourth-order valence-corrected chi connectivity index (χ4v) is 2.87. The molecule has 0 aromatic heterocycles. The molecule has 1 aliphatic rings. The lowest BCUT2D eigenvalue weighted by Gasteiger charge is -2.26. The molecule has 0 N–H and O–H groups in total. The monoisotopic (exact) mass is 341 g/mol. The number of carbonyl (C=O) groups excluding carboxylic acids is 2. The highest BCUT2D eigenvalue weighted by Gasteiger charge is 2.50. The summed E-state index contributed by atoms with van der Waals surface area (Å²) in [5, 5.41) is 0. The molecule has 1 atom stereocenters. The minimum Gasteiger partial charge on any atom is -0.274 e. The zero-order chi connectivity index (χ0) is 15.2. The number of hydrogen-bond donors (Lipinski definition) is 0. The van der Waals surface area contributed by atoms with Crippen molar-refractivity contribution in [1.29, 1.82) is 0 Å². The molecule has 5 heteroatoms. The molecule has 1 aromatic carbocycles. The number of carbonyl (C=O) groups is 2. The predicted octanol–water partition coefficient (Wildman–Crippen LogP) is 3.82. The third-order valence-electron chi connectivity index (χ3n) is 4.21. The maximum absolute atomic E-state index is 13.7. The van der Waals surface area contributed by atoms with Gasteiger partial charge in [-0.25, -0.2) is 9.29 Å². The van der Waals surface area contributed by atoms with Gasteiger partial charge in [-0.15, -0.1) is 0 Å². The quantitative estimate of drug-likeness (QED) is 0.766. The highest BCUT2D eigenvalue weighted by Crippen LogP contribution is 2.42. The first kappa shape index (κ1) is 15.2. The molecule has 20 heavy (non-hydrogen) atoms. The highest BCUT2D eigenvalue weighted by molar-refractivity contribution is 9.10. The van der Waals surface area contributed by atoms with E-state index in [1.165, 1.54) is 6.07 Å². The topological polar surface area (TPSA) is 37.4 Å². The summed E-state index contributed by atoms with van der Waals surface area (Å²) in [6.45, 7) is 7.39. The smallest absolute Gasteiger partial charge is 0.240 e. The molecule has 108 valence electrons. The van der Waals surface area contributed by atoms with Crippen molar-refractivity contribution in [2.75, 3.05) is 4.90 Å². The van der Waals surface area contributed by atoms with Crippen molar-refractivity contribution < 1.29 is 14.0 Å². The van der Waals surface area contributed by atoms with Crippen LogP contribution in [0.5, 0.6) is 0 Å². The molecule has 0 spiro atoms. The number of anilines is 1. The van der Waals surface area contributed by atoms with Crippen LogP contribution in [0.2, 0.25) is 0 Å². The lowest BCUT2D eigenvalue weighted by Crippen LogP contribution is -2.37. The molecule has 1 aliphatic heterocycles. The second-order valence-corrected chi connectivity index (χ2v) is 6.69. The number of amides is 2. The summed E-state index contributed by atoms with van der Waals surface area (Å²) in [5.74, 6) is -0.952. The Kier molecular flexibility index (Phi) is 3.75. The van der Waals surface area contributed by atoms with Crippen molar-refractivity contribution >= 4 is 33.4 Å². The Bertz CT molecular complexity index is 600. The van der Waals surface area contributed by atoms with Gasteiger partial charge >= 0.3 is 0 Å². The van der Waals surface area contributed by atoms with E-state index in [1.54, 1.807) is 19.9 Å². The maximum atomic E-state index is 13.7. The predicted molar refractivity (Wildman–Crippen MR) is 78.9 cm³/mol. The zero-order valence-corrected chi connectivity index (χ0v) is 13.5. The van der Waals surface area contributed by atoms with Gasteiger partial charge in [0.1, 0.15) is 5.82 Å². The molecule has 1 aromatic rings. The van der Waals surface area contributed by atoms with Crippen LogP contribution >= 0.6 is 15.9 Å². The summed E-state index contributed by atoms with van der Waals surface area (Å²) in [5.41, 5.74) is 0.311. The lowest BCUT2D eigenvalue weighted by atomic mass is 9.78. The van der Waals surface area contributed by atoms with Gasteiger partial charge in [0.25, 0.3) is 0 Å². The Labute approximate surface area is 126 Å². The largest absolute Gasteiger partial charge is 0.274 e. The molecule has 0 aliphatic carbocycles. The van der Waals surface area contributed by atoms with E-state index in [0.717, 1.165) is 4.90 Å². The number of aryl methyl sites for hydroxylation is 1. The van der Waals surface area contributed by atoms with E-state index in [1.807, 2.05) is 13.8 Å². The van der Waals surface area contributed by atoms with Gasteiger partial charge in [0.2, 0.25) is 11.8 Å². The summed E-state index contributed by atoms with van der Waals surface area (Å²) >= 11 is 3.10. The number of hydrogen-bond acceptors (Lipinski definition) is 2. The molecule has 1 fully saturated rings. The van der Waals surface area contributed by atoms with Crippen molar-refractivity contribution in [2.24, 2.45) is 11.3 Å². The molecule has 2 rings (SSSR count). The van der Waals surface area contributed by atoms with Crippen molar-refractivity contribution in [3.8, 4) is 0 Å². The summed E-state index contributed by atoms with van der Waals surface area (Å²) in [6.07, 6.45) is 0.167. The van der Waals surface area contributed by atoms with Crippen molar-refractivity contribution in [1.82, 2.24) is 0 Å². The van der Waals surface area contributed by atoms with Crippen LogP contribution in [0, 0.1) is 24.1 Å². The zero-order valence-electron chi connectivity index (χ0n) is 12.0. The minimum absolute atomic E-state index is 0.0459. The van der Waals surface area contributed by atoms with Crippen LogP contribution in [-0.4, -0.2) is 11.8 Å². The second kappa shape index (κ2) is 4.95. The molecule has 1 heterocycles. The molecule has 1 saturated heterocycles. The van der Waals surface area contributed by atoms with Gasteiger partial charge in [-0.3, -0.25) is 9.59 Å². The third-order valence-corrected chi connectivity index (χ3v) is 4.82. The molecule has 0 bridgehead atoms. The van der Waals surface area contributed by atoms with Gasteiger partial charge in [-0.2, -0.15) is 0 Å². The first-order valence-electron chi connectivity index (χ1n) is 6.51. The van der Waals surface area contributed by atoms with Crippen LogP contribution in [0.15, 0.2) is 16.6 Å². The second-order valence-electron chi connectivity index (χ2n) is 5.84. The highest BCUT2D eigenvalue weighted by atomic mass is 79.9. The SMILES string of the molecule is Cc1cc(Br)c(F)cc1N1C(=O)CC(C)(C(C)C)C1=O. The van der Waals surface area contributed by atoms with E-state index in [9.17, 15) is 14.0 Å². The summed E-state index contributed by atoms with van der Waals surface area (Å²) in [4.78, 5) is 26.0. The fraction of sp³-hybridized carbons (Fsp3) is 0.467. The Morgan fingerprint density at radius 3 is 2.45 bits per heavy atom. The van der Waals surface area contributed by atoms with E-state index in [0.29, 0.717) is 15.7 Å². The third kappa shape index (κ3) is 2.18. The first-order valence-corrected chi connectivity index (χ1v) is 7.31. The van der Waals surface area contributed by atoms with Gasteiger partial charge in [0, 0.05) is 6.42 Å². The number of benzene rings is 1. The van der Waals surface area contributed by atoms with Gasteiger partial charge in [0.05, 0.1) is 15.6 Å². The van der Waals surface area contributed by atoms with Crippen LogP contribution in [0.1, 0.15) is 32.8 Å². The van der Waals surface area contributed by atoms with Crippen molar-refractivity contribution in [3.63, 3.8) is 0 Å². The van der Waals surface area contributed by atoms with E-state index < -0.39 is 11.2 Å². The minimum atomic E-state index is -0.715. The van der Waals surface area contributed by atoms with Crippen LogP contribution in [-0.2, 0) is 9.59 Å². The number of halogens is 2. The molecule has 0 radical (unpaired) electrons. The molecule has 2 amide bonds. The summed E-state index contributed by atoms with van der Waals surface area (Å²) in [7, 11) is 0. The van der Waals surface area contributed by atoms with Crippen LogP contribution in [0.25, 0.3) is 0 Å². The van der Waals surface area contributed by atoms with Gasteiger partial charge in [-0.05, 0) is 53.4 Å². The maximum Gasteiger partial charge on any atom is 0.240 e. The molecule has 3 nitrogen and oxygen atoms in total. The summed E-state index contributed by atoms with van der Waals surface area (Å²) in [6, 6.07) is 2.82. The first-order chi connectivity index (χ1) is 9.18. The lowest BCUT2D eigenvalue weighted by molar-refractivity contribution is -0.126. The Hall–Kier alpha value is -1.23. The molecular formula is C15H17BrFNO2. The van der Waals surface area contributed by atoms with Gasteiger partial charge in [0.15, 0.2) is 0 Å². The van der Waals surface area contributed by atoms with E-state index >= 15 is 0 Å². The molecular weight excluding hydrogens is 325 g/mol. The van der Waals surface area contributed by atoms with E-state index in [4.69, 9.17) is 0 Å². The van der Waals surface area contributed by atoms with Crippen molar-refractivity contribution in [2.45, 2.75) is 34.1 Å².